The van der Waals surface area contributed by atoms with E-state index in [9.17, 15) is 13.6 Å². The van der Waals surface area contributed by atoms with Crippen LogP contribution < -0.4 is 0 Å². The van der Waals surface area contributed by atoms with Crippen LogP contribution in [0.4, 0.5) is 8.78 Å². The summed E-state index contributed by atoms with van der Waals surface area (Å²) in [5.74, 6) is -1.61. The Morgan fingerprint density at radius 3 is 2.39 bits per heavy atom. The van der Waals surface area contributed by atoms with Gasteiger partial charge in [0.2, 0.25) is 0 Å². The van der Waals surface area contributed by atoms with Gasteiger partial charge in [-0.2, -0.15) is 0 Å². The molecule has 0 amide bonds. The predicted molar refractivity (Wildman–Crippen MR) is 65.8 cm³/mol. The van der Waals surface area contributed by atoms with Crippen LogP contribution in [-0.4, -0.2) is 5.78 Å². The molecular weight excluding hydrogens is 258 g/mol. The number of carbonyl (C=O) groups is 1. The van der Waals surface area contributed by atoms with Crippen molar-refractivity contribution in [3.05, 3.63) is 70.2 Å². The van der Waals surface area contributed by atoms with Gasteiger partial charge in [0.1, 0.15) is 11.6 Å². The molecule has 0 fully saturated rings. The molecule has 0 radical (unpaired) electrons. The van der Waals surface area contributed by atoms with Crippen molar-refractivity contribution >= 4 is 17.4 Å². The molecule has 2 aromatic rings. The first-order valence-electron chi connectivity index (χ1n) is 5.30. The molecule has 0 N–H and O–H groups in total. The van der Waals surface area contributed by atoms with Crippen molar-refractivity contribution in [2.75, 3.05) is 0 Å². The van der Waals surface area contributed by atoms with E-state index < -0.39 is 17.4 Å². The molecular formula is C14H9ClF2O. The molecule has 0 saturated carbocycles. The first kappa shape index (κ1) is 12.7. The Labute approximate surface area is 108 Å². The fourth-order valence-corrected chi connectivity index (χ4v) is 1.83. The Morgan fingerprint density at radius 2 is 1.67 bits per heavy atom. The Balaban J connectivity index is 2.27. The number of hydrogen-bond donors (Lipinski definition) is 0. The van der Waals surface area contributed by atoms with E-state index in [4.69, 9.17) is 11.6 Å². The highest BCUT2D eigenvalue weighted by molar-refractivity contribution is 6.31. The van der Waals surface area contributed by atoms with Crippen LogP contribution in [0.5, 0.6) is 0 Å². The molecule has 0 unspecified atom stereocenters. The topological polar surface area (TPSA) is 17.1 Å². The van der Waals surface area contributed by atoms with Crippen molar-refractivity contribution in [3.8, 4) is 0 Å². The average Bonchev–Trinajstić information content (AvgIpc) is 2.35. The van der Waals surface area contributed by atoms with Crippen LogP contribution in [0.25, 0.3) is 0 Å². The van der Waals surface area contributed by atoms with E-state index >= 15 is 0 Å². The second-order valence-electron chi connectivity index (χ2n) is 3.79. The number of ketones is 1. The minimum Gasteiger partial charge on any atom is -0.294 e. The fraction of sp³-hybridized carbons (Fsp3) is 0.0714. The molecule has 2 rings (SSSR count). The lowest BCUT2D eigenvalue weighted by Crippen LogP contribution is -2.06. The van der Waals surface area contributed by atoms with Crippen LogP contribution >= 0.6 is 11.6 Å². The largest absolute Gasteiger partial charge is 0.294 e. The van der Waals surface area contributed by atoms with E-state index in [0.29, 0.717) is 5.56 Å². The molecule has 0 aliphatic rings. The quantitative estimate of drug-likeness (QED) is 0.766. The van der Waals surface area contributed by atoms with Crippen LogP contribution in [0.15, 0.2) is 42.5 Å². The summed E-state index contributed by atoms with van der Waals surface area (Å²) in [6.07, 6.45) is -0.127. The van der Waals surface area contributed by atoms with Crippen LogP contribution in [0.1, 0.15) is 15.9 Å². The number of benzene rings is 2. The van der Waals surface area contributed by atoms with Gasteiger partial charge >= 0.3 is 0 Å². The van der Waals surface area contributed by atoms with E-state index in [2.05, 4.69) is 0 Å². The van der Waals surface area contributed by atoms with Crippen molar-refractivity contribution in [1.29, 1.82) is 0 Å². The van der Waals surface area contributed by atoms with Crippen molar-refractivity contribution < 1.29 is 13.6 Å². The Kier molecular flexibility index (Phi) is 3.72. The predicted octanol–water partition coefficient (Wildman–Crippen LogP) is 4.04. The summed E-state index contributed by atoms with van der Waals surface area (Å²) in [5.41, 5.74) is 0.336. The molecule has 0 heterocycles. The minimum atomic E-state index is -0.588. The normalized spacial score (nSPS) is 10.4. The molecule has 0 bridgehead atoms. The van der Waals surface area contributed by atoms with E-state index in [1.165, 1.54) is 30.3 Å². The van der Waals surface area contributed by atoms with Gasteiger partial charge < -0.3 is 0 Å². The second kappa shape index (κ2) is 5.27. The first-order valence-corrected chi connectivity index (χ1v) is 5.68. The zero-order valence-electron chi connectivity index (χ0n) is 9.29. The molecule has 0 aliphatic carbocycles. The molecule has 0 aliphatic heterocycles. The highest BCUT2D eigenvalue weighted by atomic mass is 35.5. The summed E-state index contributed by atoms with van der Waals surface area (Å²) in [6, 6.07) is 9.89. The maximum atomic E-state index is 13.4. The lowest BCUT2D eigenvalue weighted by atomic mass is 10.0. The summed E-state index contributed by atoms with van der Waals surface area (Å²) in [5, 5.41) is -0.0952. The van der Waals surface area contributed by atoms with Crippen LogP contribution in [-0.2, 0) is 6.42 Å². The van der Waals surface area contributed by atoms with Gasteiger partial charge in [0.15, 0.2) is 5.78 Å². The molecule has 18 heavy (non-hydrogen) atoms. The maximum Gasteiger partial charge on any atom is 0.170 e. The monoisotopic (exact) mass is 266 g/mol. The molecule has 0 atom stereocenters. The molecule has 92 valence electrons. The number of carbonyl (C=O) groups excluding carboxylic acids is 1. The molecule has 0 spiro atoms. The Bertz CT molecular complexity index is 596. The minimum absolute atomic E-state index is 0.0159. The number of halogens is 3. The lowest BCUT2D eigenvalue weighted by Gasteiger charge is -2.05. The third-order valence-corrected chi connectivity index (χ3v) is 2.98. The molecule has 2 aromatic carbocycles. The SMILES string of the molecule is O=C(Cc1cccc(F)c1Cl)c1ccccc1F. The number of rotatable bonds is 3. The molecule has 4 heteroatoms. The van der Waals surface area contributed by atoms with Crippen molar-refractivity contribution in [1.82, 2.24) is 0 Å². The van der Waals surface area contributed by atoms with E-state index in [0.717, 1.165) is 0 Å². The second-order valence-corrected chi connectivity index (χ2v) is 4.17. The van der Waals surface area contributed by atoms with Gasteiger partial charge in [0, 0.05) is 6.42 Å². The van der Waals surface area contributed by atoms with Gasteiger partial charge in [-0.15, -0.1) is 0 Å². The first-order chi connectivity index (χ1) is 8.59. The van der Waals surface area contributed by atoms with E-state index in [1.54, 1.807) is 12.1 Å². The number of Topliss-reactive ketones (excluding diaryl/α,β-unsaturated/α-hetero) is 1. The van der Waals surface area contributed by atoms with Gasteiger partial charge in [-0.05, 0) is 23.8 Å². The van der Waals surface area contributed by atoms with Crippen LogP contribution in [0, 0.1) is 11.6 Å². The zero-order valence-corrected chi connectivity index (χ0v) is 10.0. The van der Waals surface area contributed by atoms with Gasteiger partial charge in [0.05, 0.1) is 10.6 Å². The van der Waals surface area contributed by atoms with Gasteiger partial charge in [-0.25, -0.2) is 8.78 Å². The lowest BCUT2D eigenvalue weighted by molar-refractivity contribution is 0.0989. The van der Waals surface area contributed by atoms with Crippen molar-refractivity contribution in [3.63, 3.8) is 0 Å². The standard InChI is InChI=1S/C14H9ClF2O/c15-14-9(4-3-7-12(14)17)8-13(18)10-5-1-2-6-11(10)16/h1-7H,8H2. The third kappa shape index (κ3) is 2.57. The highest BCUT2D eigenvalue weighted by Crippen LogP contribution is 2.21. The maximum absolute atomic E-state index is 13.4. The summed E-state index contributed by atoms with van der Waals surface area (Å²) in [4.78, 5) is 11.9. The number of hydrogen-bond acceptors (Lipinski definition) is 1. The van der Waals surface area contributed by atoms with Gasteiger partial charge in [-0.1, -0.05) is 35.9 Å². The summed E-state index contributed by atoms with van der Waals surface area (Å²) in [7, 11) is 0. The van der Waals surface area contributed by atoms with Crippen molar-refractivity contribution in [2.45, 2.75) is 6.42 Å². The molecule has 0 aromatic heterocycles. The third-order valence-electron chi connectivity index (χ3n) is 2.56. The Hall–Kier alpha value is -1.74. The zero-order chi connectivity index (χ0) is 13.1. The average molecular weight is 267 g/mol. The van der Waals surface area contributed by atoms with Crippen LogP contribution in [0.2, 0.25) is 5.02 Å². The van der Waals surface area contributed by atoms with E-state index in [1.807, 2.05) is 0 Å². The highest BCUT2D eigenvalue weighted by Gasteiger charge is 2.14. The summed E-state index contributed by atoms with van der Waals surface area (Å²) >= 11 is 5.74. The van der Waals surface area contributed by atoms with Gasteiger partial charge in [0.25, 0.3) is 0 Å². The summed E-state index contributed by atoms with van der Waals surface area (Å²) < 4.78 is 26.6. The molecule has 1 nitrogen and oxygen atoms in total. The van der Waals surface area contributed by atoms with Crippen molar-refractivity contribution in [2.24, 2.45) is 0 Å². The smallest absolute Gasteiger partial charge is 0.170 e. The fourth-order valence-electron chi connectivity index (χ4n) is 1.64. The summed E-state index contributed by atoms with van der Waals surface area (Å²) in [6.45, 7) is 0. The Morgan fingerprint density at radius 1 is 1.00 bits per heavy atom. The van der Waals surface area contributed by atoms with E-state index in [-0.39, 0.29) is 17.0 Å². The van der Waals surface area contributed by atoms with Crippen LogP contribution in [0.3, 0.4) is 0 Å². The molecule has 0 saturated heterocycles. The van der Waals surface area contributed by atoms with Gasteiger partial charge in [-0.3, -0.25) is 4.79 Å².